The van der Waals surface area contributed by atoms with E-state index in [1.807, 2.05) is 0 Å². The summed E-state index contributed by atoms with van der Waals surface area (Å²) in [6.07, 6.45) is 9.30. The Hall–Kier alpha value is 0. The van der Waals surface area contributed by atoms with Crippen molar-refractivity contribution >= 4 is 0 Å². The van der Waals surface area contributed by atoms with Gasteiger partial charge < -0.3 is 0 Å². The van der Waals surface area contributed by atoms with Crippen LogP contribution in [0.3, 0.4) is 0 Å². The van der Waals surface area contributed by atoms with Gasteiger partial charge in [0.25, 0.3) is 0 Å². The molecule has 2 bridgehead atoms. The fraction of sp³-hybridized carbons (Fsp3) is 1.00. The standard InChI is InChI=1S/C15H26/c1-4-5-11-7-15-8-12(6-10(2)3)13(9-15)14(11)15/h10-14H,4-9H2,1-3H3. The molecule has 4 saturated carbocycles. The van der Waals surface area contributed by atoms with Crippen LogP contribution < -0.4 is 0 Å². The Morgan fingerprint density at radius 3 is 2.53 bits per heavy atom. The highest BCUT2D eigenvalue weighted by Gasteiger charge is 2.70. The van der Waals surface area contributed by atoms with E-state index in [0.717, 1.165) is 29.1 Å². The van der Waals surface area contributed by atoms with Crippen molar-refractivity contribution in [2.45, 2.75) is 59.3 Å². The van der Waals surface area contributed by atoms with Crippen molar-refractivity contribution in [2.24, 2.45) is 35.0 Å². The molecule has 0 heteroatoms. The number of fused-ring (bicyclic) bond motifs is 1. The smallest absolute Gasteiger partial charge is 0.0255 e. The fourth-order valence-electron chi connectivity index (χ4n) is 5.54. The Morgan fingerprint density at radius 2 is 1.87 bits per heavy atom. The summed E-state index contributed by atoms with van der Waals surface area (Å²) in [7, 11) is 0. The van der Waals surface area contributed by atoms with E-state index < -0.39 is 0 Å². The fourth-order valence-corrected chi connectivity index (χ4v) is 5.54. The Morgan fingerprint density at radius 1 is 1.13 bits per heavy atom. The number of hydrogen-bond acceptors (Lipinski definition) is 0. The molecule has 5 unspecified atom stereocenters. The van der Waals surface area contributed by atoms with Gasteiger partial charge in [0.2, 0.25) is 0 Å². The van der Waals surface area contributed by atoms with Crippen LogP contribution in [-0.2, 0) is 0 Å². The van der Waals surface area contributed by atoms with Crippen molar-refractivity contribution in [1.29, 1.82) is 0 Å². The van der Waals surface area contributed by atoms with Crippen molar-refractivity contribution in [3.05, 3.63) is 0 Å². The van der Waals surface area contributed by atoms with E-state index in [2.05, 4.69) is 20.8 Å². The highest BCUT2D eigenvalue weighted by Crippen LogP contribution is 2.78. The van der Waals surface area contributed by atoms with Crippen molar-refractivity contribution < 1.29 is 0 Å². The van der Waals surface area contributed by atoms with Crippen molar-refractivity contribution in [3.63, 3.8) is 0 Å². The zero-order valence-corrected chi connectivity index (χ0v) is 10.6. The predicted octanol–water partition coefficient (Wildman–Crippen LogP) is 4.49. The SMILES string of the molecule is CCCC1CC23CC(CC(C)C)C(C2)C13. The Labute approximate surface area is 94.8 Å². The summed E-state index contributed by atoms with van der Waals surface area (Å²) < 4.78 is 0. The summed E-state index contributed by atoms with van der Waals surface area (Å²) in [5.74, 6) is 5.55. The first-order chi connectivity index (χ1) is 7.16. The average molecular weight is 206 g/mol. The van der Waals surface area contributed by atoms with Crippen LogP contribution in [0.15, 0.2) is 0 Å². The second kappa shape index (κ2) is 3.25. The van der Waals surface area contributed by atoms with E-state index in [1.54, 1.807) is 19.3 Å². The zero-order valence-electron chi connectivity index (χ0n) is 10.6. The Bertz CT molecular complexity index is 255. The minimum Gasteiger partial charge on any atom is -0.0654 e. The van der Waals surface area contributed by atoms with Crippen molar-refractivity contribution in [2.75, 3.05) is 0 Å². The van der Waals surface area contributed by atoms with E-state index in [4.69, 9.17) is 0 Å². The predicted molar refractivity (Wildman–Crippen MR) is 64.6 cm³/mol. The van der Waals surface area contributed by atoms with Gasteiger partial charge in [0.1, 0.15) is 0 Å². The molecule has 0 aliphatic heterocycles. The molecule has 0 heterocycles. The Balaban J connectivity index is 1.63. The van der Waals surface area contributed by atoms with Crippen LogP contribution in [0.25, 0.3) is 0 Å². The molecule has 86 valence electrons. The lowest BCUT2D eigenvalue weighted by atomic mass is 9.42. The lowest BCUT2D eigenvalue weighted by molar-refractivity contribution is -0.138. The molecule has 0 nitrogen and oxygen atoms in total. The van der Waals surface area contributed by atoms with Crippen LogP contribution in [0.4, 0.5) is 0 Å². The lowest BCUT2D eigenvalue weighted by Crippen LogP contribution is -2.55. The maximum atomic E-state index is 2.40. The van der Waals surface area contributed by atoms with Gasteiger partial charge in [-0.3, -0.25) is 0 Å². The first-order valence-electron chi connectivity index (χ1n) is 7.16. The lowest BCUT2D eigenvalue weighted by Gasteiger charge is -2.62. The molecule has 4 aliphatic rings. The first kappa shape index (κ1) is 10.2. The molecule has 0 aromatic carbocycles. The molecule has 0 saturated heterocycles. The van der Waals surface area contributed by atoms with E-state index in [0.29, 0.717) is 0 Å². The van der Waals surface area contributed by atoms with E-state index >= 15 is 0 Å². The molecule has 0 amide bonds. The van der Waals surface area contributed by atoms with E-state index in [-0.39, 0.29) is 0 Å². The highest BCUT2D eigenvalue weighted by molar-refractivity contribution is 5.19. The summed E-state index contributed by atoms with van der Waals surface area (Å²) in [6, 6.07) is 0. The molecular weight excluding hydrogens is 180 g/mol. The molecule has 0 aromatic heterocycles. The summed E-state index contributed by atoms with van der Waals surface area (Å²) in [5.41, 5.74) is 0.907. The van der Waals surface area contributed by atoms with E-state index in [9.17, 15) is 0 Å². The minimum absolute atomic E-state index is 0.907. The van der Waals surface area contributed by atoms with E-state index in [1.165, 1.54) is 25.2 Å². The number of rotatable bonds is 4. The third-order valence-electron chi connectivity index (χ3n) is 5.70. The average Bonchev–Trinajstić information content (AvgIpc) is 2.55. The van der Waals surface area contributed by atoms with Crippen molar-refractivity contribution in [3.8, 4) is 0 Å². The maximum absolute atomic E-state index is 2.40. The van der Waals surface area contributed by atoms with Gasteiger partial charge in [0.05, 0.1) is 0 Å². The summed E-state index contributed by atoms with van der Waals surface area (Å²) in [4.78, 5) is 0. The van der Waals surface area contributed by atoms with Gasteiger partial charge in [-0.2, -0.15) is 0 Å². The van der Waals surface area contributed by atoms with Gasteiger partial charge in [0.15, 0.2) is 0 Å². The van der Waals surface area contributed by atoms with Gasteiger partial charge in [-0.1, -0.05) is 33.6 Å². The van der Waals surface area contributed by atoms with Crippen LogP contribution in [0, 0.1) is 35.0 Å². The van der Waals surface area contributed by atoms with Crippen LogP contribution in [-0.4, -0.2) is 0 Å². The van der Waals surface area contributed by atoms with Gasteiger partial charge in [-0.15, -0.1) is 0 Å². The Kier molecular flexibility index (Phi) is 2.20. The zero-order chi connectivity index (χ0) is 10.6. The molecule has 0 radical (unpaired) electrons. The summed E-state index contributed by atoms with van der Waals surface area (Å²) in [5, 5.41) is 0. The van der Waals surface area contributed by atoms with Gasteiger partial charge in [-0.25, -0.2) is 0 Å². The van der Waals surface area contributed by atoms with Gasteiger partial charge in [0, 0.05) is 0 Å². The molecular formula is C15H26. The van der Waals surface area contributed by atoms with Crippen LogP contribution in [0.1, 0.15) is 59.3 Å². The van der Waals surface area contributed by atoms with Gasteiger partial charge >= 0.3 is 0 Å². The van der Waals surface area contributed by atoms with Crippen molar-refractivity contribution in [1.82, 2.24) is 0 Å². The molecule has 4 aliphatic carbocycles. The first-order valence-corrected chi connectivity index (χ1v) is 7.16. The van der Waals surface area contributed by atoms with Gasteiger partial charge in [-0.05, 0) is 60.7 Å². The topological polar surface area (TPSA) is 0 Å². The highest BCUT2D eigenvalue weighted by atomic mass is 14.7. The summed E-state index contributed by atoms with van der Waals surface area (Å²) in [6.45, 7) is 7.16. The minimum atomic E-state index is 0.907. The molecule has 1 spiro atoms. The second-order valence-corrected chi connectivity index (χ2v) is 7.10. The largest absolute Gasteiger partial charge is 0.0654 e. The molecule has 0 N–H and O–H groups in total. The van der Waals surface area contributed by atoms with Crippen LogP contribution in [0.5, 0.6) is 0 Å². The normalized spacial score (nSPS) is 51.2. The second-order valence-electron chi connectivity index (χ2n) is 7.10. The molecule has 4 fully saturated rings. The monoisotopic (exact) mass is 206 g/mol. The quantitative estimate of drug-likeness (QED) is 0.635. The summed E-state index contributed by atoms with van der Waals surface area (Å²) >= 11 is 0. The molecule has 4 rings (SSSR count). The third-order valence-corrected chi connectivity index (χ3v) is 5.70. The molecule has 5 atom stereocenters. The van der Waals surface area contributed by atoms with Crippen LogP contribution >= 0.6 is 0 Å². The molecule has 0 aromatic rings. The third kappa shape index (κ3) is 1.26. The molecule has 15 heavy (non-hydrogen) atoms. The number of hydrogen-bond donors (Lipinski definition) is 0. The van der Waals surface area contributed by atoms with Crippen LogP contribution in [0.2, 0.25) is 0 Å². The maximum Gasteiger partial charge on any atom is -0.0255 e.